The van der Waals surface area contributed by atoms with Crippen LogP contribution in [0.15, 0.2) is 12.4 Å². The number of hydrogen-bond acceptors (Lipinski definition) is 7. The van der Waals surface area contributed by atoms with Gasteiger partial charge in [-0.1, -0.05) is 0 Å². The van der Waals surface area contributed by atoms with E-state index < -0.39 is 12.7 Å². The number of anilines is 2. The minimum atomic E-state index is -4.29. The number of hydrogen-bond donors (Lipinski definition) is 1. The molecule has 0 atom stereocenters. The van der Waals surface area contributed by atoms with E-state index in [0.29, 0.717) is 24.1 Å². The van der Waals surface area contributed by atoms with Gasteiger partial charge in [0.2, 0.25) is 11.9 Å². The molecule has 2 rings (SSSR count). The number of rotatable bonds is 6. The molecule has 8 nitrogen and oxygen atoms in total. The van der Waals surface area contributed by atoms with Crippen LogP contribution in [0.2, 0.25) is 0 Å². The highest BCUT2D eigenvalue weighted by Crippen LogP contribution is 2.19. The summed E-state index contributed by atoms with van der Waals surface area (Å²) in [5.41, 5.74) is 5.65. The molecule has 132 valence electrons. The first-order chi connectivity index (χ1) is 11.1. The number of nitrogens with two attached hydrogens (primary N) is 1. The summed E-state index contributed by atoms with van der Waals surface area (Å²) in [6.45, 7) is -0.557. The van der Waals surface area contributed by atoms with Gasteiger partial charge in [0.1, 0.15) is 18.2 Å². The second kappa shape index (κ2) is 6.99. The molecule has 0 amide bonds. The monoisotopic (exact) mass is 344 g/mol. The molecule has 0 saturated heterocycles. The minimum absolute atomic E-state index is 0.0932. The fourth-order valence-electron chi connectivity index (χ4n) is 2.06. The summed E-state index contributed by atoms with van der Waals surface area (Å²) in [4.78, 5) is 19.7. The van der Waals surface area contributed by atoms with Crippen molar-refractivity contribution >= 4 is 11.9 Å². The fraction of sp³-hybridized carbons (Fsp3) is 0.538. The van der Waals surface area contributed by atoms with E-state index in [-0.39, 0.29) is 12.5 Å². The van der Waals surface area contributed by atoms with Crippen molar-refractivity contribution in [3.63, 3.8) is 0 Å². The van der Waals surface area contributed by atoms with Gasteiger partial charge in [0, 0.05) is 26.5 Å². The van der Waals surface area contributed by atoms with Gasteiger partial charge in [0.25, 0.3) is 0 Å². The van der Waals surface area contributed by atoms with Gasteiger partial charge in [-0.05, 0) is 7.05 Å². The number of alkyl halides is 3. The van der Waals surface area contributed by atoms with Crippen LogP contribution in [0.25, 0.3) is 0 Å². The van der Waals surface area contributed by atoms with Crippen LogP contribution < -0.4 is 10.6 Å². The minimum Gasteiger partial charge on any atom is -0.368 e. The Balaban J connectivity index is 2.07. The van der Waals surface area contributed by atoms with Crippen LogP contribution in [0, 0.1) is 0 Å². The van der Waals surface area contributed by atoms with Gasteiger partial charge in [-0.3, -0.25) is 4.90 Å². The van der Waals surface area contributed by atoms with E-state index in [1.807, 2.05) is 0 Å². The molecule has 2 aromatic heterocycles. The third-order valence-electron chi connectivity index (χ3n) is 3.06. The predicted molar refractivity (Wildman–Crippen MR) is 82.0 cm³/mol. The summed E-state index contributed by atoms with van der Waals surface area (Å²) in [7, 11) is 5.29. The van der Waals surface area contributed by atoms with Gasteiger partial charge in [-0.25, -0.2) is 4.98 Å². The summed E-state index contributed by atoms with van der Waals surface area (Å²) in [5.74, 6) is 1.26. The maximum atomic E-state index is 12.5. The van der Waals surface area contributed by atoms with E-state index in [0.717, 1.165) is 4.57 Å². The summed E-state index contributed by atoms with van der Waals surface area (Å²) >= 11 is 0. The summed E-state index contributed by atoms with van der Waals surface area (Å²) in [6.07, 6.45) is -1.64. The first-order valence-corrected chi connectivity index (χ1v) is 7.07. The standard InChI is InChI=1S/C13H19F3N8/c1-22(2)12-20-9(19-11(17)21-12)6-23(3)7-10-18-4-5-24(10)8-13(14,15)16/h4-5H,6-8H2,1-3H3,(H2,17,19,20,21). The molecule has 0 aliphatic rings. The molecule has 24 heavy (non-hydrogen) atoms. The van der Waals surface area contributed by atoms with Crippen molar-refractivity contribution in [1.82, 2.24) is 29.4 Å². The number of nitrogens with zero attached hydrogens (tertiary/aromatic N) is 7. The summed E-state index contributed by atoms with van der Waals surface area (Å²) in [6, 6.07) is 0. The Kier molecular flexibility index (Phi) is 5.22. The van der Waals surface area contributed by atoms with Crippen molar-refractivity contribution in [1.29, 1.82) is 0 Å². The zero-order valence-electron chi connectivity index (χ0n) is 13.6. The average Bonchev–Trinajstić information content (AvgIpc) is 2.82. The average molecular weight is 344 g/mol. The molecule has 0 aliphatic heterocycles. The first-order valence-electron chi connectivity index (χ1n) is 7.07. The maximum Gasteiger partial charge on any atom is 0.406 e. The third kappa shape index (κ3) is 5.05. The Bertz CT molecular complexity index is 682. The van der Waals surface area contributed by atoms with Gasteiger partial charge < -0.3 is 15.2 Å². The molecule has 0 radical (unpaired) electrons. The third-order valence-corrected chi connectivity index (χ3v) is 3.06. The van der Waals surface area contributed by atoms with Gasteiger partial charge in [-0.15, -0.1) is 0 Å². The number of halogens is 3. The van der Waals surface area contributed by atoms with Gasteiger partial charge in [0.15, 0.2) is 0 Å². The molecule has 0 unspecified atom stereocenters. The first kappa shape index (κ1) is 17.9. The van der Waals surface area contributed by atoms with Crippen molar-refractivity contribution in [2.24, 2.45) is 0 Å². The summed E-state index contributed by atoms with van der Waals surface area (Å²) in [5, 5.41) is 0. The van der Waals surface area contributed by atoms with Crippen molar-refractivity contribution in [3.8, 4) is 0 Å². The predicted octanol–water partition coefficient (Wildman–Crippen LogP) is 0.911. The van der Waals surface area contributed by atoms with Crippen LogP contribution in [0.5, 0.6) is 0 Å². The van der Waals surface area contributed by atoms with E-state index in [1.165, 1.54) is 12.4 Å². The lowest BCUT2D eigenvalue weighted by Gasteiger charge is -2.18. The van der Waals surface area contributed by atoms with E-state index >= 15 is 0 Å². The lowest BCUT2D eigenvalue weighted by molar-refractivity contribution is -0.141. The molecule has 2 heterocycles. The van der Waals surface area contributed by atoms with Crippen molar-refractivity contribution in [3.05, 3.63) is 24.0 Å². The lowest BCUT2D eigenvalue weighted by atomic mass is 10.4. The smallest absolute Gasteiger partial charge is 0.368 e. The largest absolute Gasteiger partial charge is 0.406 e. The molecular weight excluding hydrogens is 325 g/mol. The molecule has 0 aromatic carbocycles. The zero-order valence-corrected chi connectivity index (χ0v) is 13.6. The molecule has 2 N–H and O–H groups in total. The molecule has 0 aliphatic carbocycles. The summed E-state index contributed by atoms with van der Waals surface area (Å²) < 4.78 is 38.7. The molecule has 2 aromatic rings. The molecule has 11 heteroatoms. The molecule has 0 saturated carbocycles. The van der Waals surface area contributed by atoms with Crippen molar-refractivity contribution in [2.75, 3.05) is 31.8 Å². The van der Waals surface area contributed by atoms with Gasteiger partial charge >= 0.3 is 6.18 Å². The molecular formula is C13H19F3N8. The van der Waals surface area contributed by atoms with Gasteiger partial charge in [-0.2, -0.15) is 28.1 Å². The topological polar surface area (TPSA) is 89.0 Å². The maximum absolute atomic E-state index is 12.5. The normalized spacial score (nSPS) is 12.0. The van der Waals surface area contributed by atoms with E-state index in [1.54, 1.807) is 30.9 Å². The molecule has 0 fully saturated rings. The van der Waals surface area contributed by atoms with E-state index in [2.05, 4.69) is 19.9 Å². The van der Waals surface area contributed by atoms with Crippen LogP contribution in [0.1, 0.15) is 11.6 Å². The zero-order chi connectivity index (χ0) is 17.9. The van der Waals surface area contributed by atoms with Crippen molar-refractivity contribution < 1.29 is 13.2 Å². The number of imidazole rings is 1. The fourth-order valence-corrected chi connectivity index (χ4v) is 2.06. The van der Waals surface area contributed by atoms with Crippen LogP contribution >= 0.6 is 0 Å². The second-order valence-electron chi connectivity index (χ2n) is 5.56. The Morgan fingerprint density at radius 2 is 1.83 bits per heavy atom. The van der Waals surface area contributed by atoms with Crippen LogP contribution in [0.4, 0.5) is 25.1 Å². The number of aromatic nitrogens is 5. The highest BCUT2D eigenvalue weighted by Gasteiger charge is 2.29. The second-order valence-corrected chi connectivity index (χ2v) is 5.56. The van der Waals surface area contributed by atoms with E-state index in [4.69, 9.17) is 5.73 Å². The Hall–Kier alpha value is -2.43. The highest BCUT2D eigenvalue weighted by molar-refractivity contribution is 5.32. The Morgan fingerprint density at radius 1 is 1.12 bits per heavy atom. The Labute approximate surface area is 137 Å². The van der Waals surface area contributed by atoms with Crippen LogP contribution in [0.3, 0.4) is 0 Å². The Morgan fingerprint density at radius 3 is 2.46 bits per heavy atom. The van der Waals surface area contributed by atoms with Gasteiger partial charge in [0.05, 0.1) is 13.1 Å². The lowest BCUT2D eigenvalue weighted by Crippen LogP contribution is -2.25. The van der Waals surface area contributed by atoms with Crippen LogP contribution in [-0.4, -0.2) is 56.7 Å². The van der Waals surface area contributed by atoms with Crippen molar-refractivity contribution in [2.45, 2.75) is 25.8 Å². The highest BCUT2D eigenvalue weighted by atomic mass is 19.4. The van der Waals surface area contributed by atoms with E-state index in [9.17, 15) is 13.2 Å². The quantitative estimate of drug-likeness (QED) is 0.833. The number of nitrogen functional groups attached to an aromatic ring is 1. The molecule has 0 spiro atoms. The molecule has 0 bridgehead atoms. The SMILES string of the molecule is CN(Cc1nc(N)nc(N(C)C)n1)Cc1nccn1CC(F)(F)F. The van der Waals surface area contributed by atoms with Crippen LogP contribution in [-0.2, 0) is 19.6 Å².